The average Bonchev–Trinajstić information content (AvgIpc) is 2.19. The van der Waals surface area contributed by atoms with Crippen molar-refractivity contribution in [3.63, 3.8) is 0 Å². The minimum atomic E-state index is 0.150. The fourth-order valence-corrected chi connectivity index (χ4v) is 1.62. The number of hydrogen-bond donors (Lipinski definition) is 1. The first-order chi connectivity index (χ1) is 6.36. The zero-order valence-corrected chi connectivity index (χ0v) is 7.52. The van der Waals surface area contributed by atoms with Crippen LogP contribution in [0.4, 0.5) is 0 Å². The topological polar surface area (TPSA) is 48.1 Å². The molecule has 1 aliphatic rings. The smallest absolute Gasteiger partial charge is 0.0854 e. The lowest BCUT2D eigenvalue weighted by molar-refractivity contribution is 0.00648. The van der Waals surface area contributed by atoms with Gasteiger partial charge >= 0.3 is 0 Å². The first kappa shape index (κ1) is 8.66. The molecule has 0 saturated carbocycles. The van der Waals surface area contributed by atoms with Gasteiger partial charge in [-0.1, -0.05) is 6.07 Å². The summed E-state index contributed by atoms with van der Waals surface area (Å²) in [6.07, 6.45) is 5.65. The molecule has 2 atom stereocenters. The second-order valence-electron chi connectivity index (χ2n) is 3.43. The van der Waals surface area contributed by atoms with Crippen LogP contribution in [-0.4, -0.2) is 17.6 Å². The largest absolute Gasteiger partial charge is 0.373 e. The van der Waals surface area contributed by atoms with Crippen molar-refractivity contribution in [3.05, 3.63) is 30.1 Å². The van der Waals surface area contributed by atoms with Crippen LogP contribution in [0.15, 0.2) is 24.5 Å². The summed E-state index contributed by atoms with van der Waals surface area (Å²) in [4.78, 5) is 4.06. The van der Waals surface area contributed by atoms with Gasteiger partial charge in [-0.15, -0.1) is 0 Å². The maximum Gasteiger partial charge on any atom is 0.0854 e. The molecule has 1 saturated heterocycles. The molecule has 0 aromatic carbocycles. The number of rotatable bonds is 1. The quantitative estimate of drug-likeness (QED) is 0.704. The fourth-order valence-electron chi connectivity index (χ4n) is 1.62. The van der Waals surface area contributed by atoms with Crippen LogP contribution in [-0.2, 0) is 4.74 Å². The monoisotopic (exact) mass is 178 g/mol. The Kier molecular flexibility index (Phi) is 2.57. The molecule has 2 unspecified atom stereocenters. The van der Waals surface area contributed by atoms with Crippen molar-refractivity contribution in [3.8, 4) is 0 Å². The predicted molar refractivity (Wildman–Crippen MR) is 50.1 cm³/mol. The Hall–Kier alpha value is -0.930. The van der Waals surface area contributed by atoms with Crippen LogP contribution in [0.5, 0.6) is 0 Å². The summed E-state index contributed by atoms with van der Waals surface area (Å²) in [7, 11) is 0. The Balaban J connectivity index is 2.08. The summed E-state index contributed by atoms with van der Waals surface area (Å²) in [6.45, 7) is 0.765. The van der Waals surface area contributed by atoms with Gasteiger partial charge in [0.2, 0.25) is 0 Å². The minimum Gasteiger partial charge on any atom is -0.373 e. The van der Waals surface area contributed by atoms with Crippen LogP contribution in [0, 0.1) is 0 Å². The second-order valence-corrected chi connectivity index (χ2v) is 3.43. The minimum absolute atomic E-state index is 0.150. The molecule has 2 rings (SSSR count). The Bertz CT molecular complexity index is 263. The predicted octanol–water partition coefficient (Wildman–Crippen LogP) is 1.26. The Morgan fingerprint density at radius 3 is 3.15 bits per heavy atom. The Morgan fingerprint density at radius 1 is 1.54 bits per heavy atom. The van der Waals surface area contributed by atoms with Gasteiger partial charge in [-0.3, -0.25) is 4.98 Å². The number of nitrogens with two attached hydrogens (primary N) is 1. The molecule has 70 valence electrons. The number of aromatic nitrogens is 1. The van der Waals surface area contributed by atoms with Crippen LogP contribution in [0.25, 0.3) is 0 Å². The molecule has 1 aromatic heterocycles. The molecule has 1 aromatic rings. The highest BCUT2D eigenvalue weighted by atomic mass is 16.5. The van der Waals surface area contributed by atoms with Crippen LogP contribution >= 0.6 is 0 Å². The van der Waals surface area contributed by atoms with Crippen LogP contribution < -0.4 is 5.73 Å². The molecule has 0 aliphatic carbocycles. The molecule has 0 spiro atoms. The number of pyridine rings is 1. The molecular formula is C10H14N2O. The summed E-state index contributed by atoms with van der Waals surface area (Å²) in [5.74, 6) is 0. The maximum atomic E-state index is 5.86. The van der Waals surface area contributed by atoms with Crippen LogP contribution in [0.2, 0.25) is 0 Å². The van der Waals surface area contributed by atoms with Crippen molar-refractivity contribution < 1.29 is 4.74 Å². The van der Waals surface area contributed by atoms with E-state index in [-0.39, 0.29) is 12.1 Å². The SMILES string of the molecule is NC1CCOC(c2cccnc2)C1. The summed E-state index contributed by atoms with van der Waals surface area (Å²) in [6, 6.07) is 4.24. The standard InChI is InChI=1S/C10H14N2O/c11-9-3-5-13-10(6-9)8-2-1-4-12-7-8/h1-2,4,7,9-10H,3,5-6,11H2. The number of nitrogens with zero attached hydrogens (tertiary/aromatic N) is 1. The van der Waals surface area contributed by atoms with Gasteiger partial charge in [-0.05, 0) is 24.5 Å². The third kappa shape index (κ3) is 2.05. The lowest BCUT2D eigenvalue weighted by Crippen LogP contribution is -2.30. The van der Waals surface area contributed by atoms with E-state index in [1.54, 1.807) is 6.20 Å². The maximum absolute atomic E-state index is 5.86. The molecule has 1 fully saturated rings. The normalized spacial score (nSPS) is 28.7. The Morgan fingerprint density at radius 2 is 2.46 bits per heavy atom. The van der Waals surface area contributed by atoms with Gasteiger partial charge in [0.25, 0.3) is 0 Å². The number of ether oxygens (including phenoxy) is 1. The third-order valence-corrected chi connectivity index (χ3v) is 2.38. The van der Waals surface area contributed by atoms with E-state index in [1.807, 2.05) is 18.3 Å². The van der Waals surface area contributed by atoms with E-state index in [0.29, 0.717) is 0 Å². The van der Waals surface area contributed by atoms with Gasteiger partial charge in [0.1, 0.15) is 0 Å². The molecular weight excluding hydrogens is 164 g/mol. The zero-order chi connectivity index (χ0) is 9.10. The Labute approximate surface area is 77.9 Å². The van der Waals surface area contributed by atoms with E-state index in [0.717, 1.165) is 25.0 Å². The molecule has 3 heteroatoms. The molecule has 3 nitrogen and oxygen atoms in total. The van der Waals surface area contributed by atoms with Gasteiger partial charge in [-0.25, -0.2) is 0 Å². The van der Waals surface area contributed by atoms with E-state index >= 15 is 0 Å². The van der Waals surface area contributed by atoms with Gasteiger partial charge in [0.05, 0.1) is 6.10 Å². The molecule has 0 amide bonds. The highest BCUT2D eigenvalue weighted by Crippen LogP contribution is 2.26. The summed E-state index contributed by atoms with van der Waals surface area (Å²) >= 11 is 0. The summed E-state index contributed by atoms with van der Waals surface area (Å²) in [5.41, 5.74) is 7.00. The van der Waals surface area contributed by atoms with Crippen LogP contribution in [0.1, 0.15) is 24.5 Å². The van der Waals surface area contributed by atoms with Crippen molar-refractivity contribution in [2.45, 2.75) is 25.0 Å². The first-order valence-corrected chi connectivity index (χ1v) is 4.63. The molecule has 2 heterocycles. The van der Waals surface area contributed by atoms with Crippen molar-refractivity contribution in [2.24, 2.45) is 5.73 Å². The average molecular weight is 178 g/mol. The first-order valence-electron chi connectivity index (χ1n) is 4.63. The van der Waals surface area contributed by atoms with E-state index in [2.05, 4.69) is 4.98 Å². The van der Waals surface area contributed by atoms with Gasteiger partial charge < -0.3 is 10.5 Å². The van der Waals surface area contributed by atoms with E-state index in [1.165, 1.54) is 0 Å². The van der Waals surface area contributed by atoms with Crippen molar-refractivity contribution in [1.82, 2.24) is 4.98 Å². The van der Waals surface area contributed by atoms with Crippen molar-refractivity contribution in [1.29, 1.82) is 0 Å². The molecule has 13 heavy (non-hydrogen) atoms. The lowest BCUT2D eigenvalue weighted by atomic mass is 9.99. The third-order valence-electron chi connectivity index (χ3n) is 2.38. The molecule has 0 radical (unpaired) electrons. The molecule has 2 N–H and O–H groups in total. The van der Waals surface area contributed by atoms with Crippen molar-refractivity contribution >= 4 is 0 Å². The molecule has 0 bridgehead atoms. The second kappa shape index (κ2) is 3.85. The van der Waals surface area contributed by atoms with E-state index in [9.17, 15) is 0 Å². The van der Waals surface area contributed by atoms with Gasteiger partial charge in [0.15, 0.2) is 0 Å². The fraction of sp³-hybridized carbons (Fsp3) is 0.500. The van der Waals surface area contributed by atoms with Crippen molar-refractivity contribution in [2.75, 3.05) is 6.61 Å². The van der Waals surface area contributed by atoms with Gasteiger partial charge in [0, 0.05) is 25.0 Å². The highest BCUT2D eigenvalue weighted by Gasteiger charge is 2.20. The van der Waals surface area contributed by atoms with Gasteiger partial charge in [-0.2, -0.15) is 0 Å². The van der Waals surface area contributed by atoms with Crippen LogP contribution in [0.3, 0.4) is 0 Å². The summed E-state index contributed by atoms with van der Waals surface area (Å²) < 4.78 is 5.61. The van der Waals surface area contributed by atoms with E-state index in [4.69, 9.17) is 10.5 Å². The van der Waals surface area contributed by atoms with E-state index < -0.39 is 0 Å². The lowest BCUT2D eigenvalue weighted by Gasteiger charge is -2.27. The number of hydrogen-bond acceptors (Lipinski definition) is 3. The highest BCUT2D eigenvalue weighted by molar-refractivity contribution is 5.12. The molecule has 1 aliphatic heterocycles. The summed E-state index contributed by atoms with van der Waals surface area (Å²) in [5, 5.41) is 0. The zero-order valence-electron chi connectivity index (χ0n) is 7.52.